The summed E-state index contributed by atoms with van der Waals surface area (Å²) in [5.41, 5.74) is 0.882. The minimum atomic E-state index is -0.394. The molecule has 0 spiro atoms. The van der Waals surface area contributed by atoms with Gasteiger partial charge in [-0.2, -0.15) is 11.8 Å². The van der Waals surface area contributed by atoms with Crippen molar-refractivity contribution in [2.24, 2.45) is 0 Å². The second kappa shape index (κ2) is 7.08. The monoisotopic (exact) mass is 313 g/mol. The molecule has 1 saturated heterocycles. The highest BCUT2D eigenvalue weighted by Gasteiger charge is 2.29. The van der Waals surface area contributed by atoms with Crippen molar-refractivity contribution < 1.29 is 9.59 Å². The Morgan fingerprint density at radius 3 is 3.10 bits per heavy atom. The van der Waals surface area contributed by atoms with E-state index in [1.807, 2.05) is 11.6 Å². The average molecular weight is 313 g/mol. The number of carbonyl (C=O) groups excluding carboxylic acids is 2. The topological polar surface area (TPSA) is 62.3 Å². The van der Waals surface area contributed by atoms with Gasteiger partial charge >= 0.3 is 0 Å². The maximum atomic E-state index is 12.0. The van der Waals surface area contributed by atoms with Gasteiger partial charge in [-0.25, -0.2) is 4.98 Å². The molecule has 1 aliphatic rings. The lowest BCUT2D eigenvalue weighted by Crippen LogP contribution is -2.45. The van der Waals surface area contributed by atoms with Crippen LogP contribution in [0, 0.1) is 0 Å². The summed E-state index contributed by atoms with van der Waals surface area (Å²) in [7, 11) is 0. The summed E-state index contributed by atoms with van der Waals surface area (Å²) >= 11 is 3.34. The van der Waals surface area contributed by atoms with Crippen molar-refractivity contribution in [1.82, 2.24) is 15.2 Å². The number of aromatic nitrogens is 1. The molecule has 0 radical (unpaired) electrons. The van der Waals surface area contributed by atoms with Gasteiger partial charge < -0.3 is 10.2 Å². The van der Waals surface area contributed by atoms with Gasteiger partial charge in [0.05, 0.1) is 12.2 Å². The summed E-state index contributed by atoms with van der Waals surface area (Å²) in [6.07, 6.45) is 3.44. The van der Waals surface area contributed by atoms with Crippen LogP contribution in [-0.2, 0) is 21.9 Å². The second-order valence-corrected chi connectivity index (χ2v) is 6.56. The van der Waals surface area contributed by atoms with Crippen LogP contribution in [0.3, 0.4) is 0 Å². The Morgan fingerprint density at radius 2 is 2.45 bits per heavy atom. The normalized spacial score (nSPS) is 16.5. The number of hydrogen-bond donors (Lipinski definition) is 1. The number of nitrogens with zero attached hydrogens (tertiary/aromatic N) is 2. The molecule has 1 aromatic heterocycles. The maximum Gasteiger partial charge on any atom is 0.242 e. The Morgan fingerprint density at radius 1 is 1.65 bits per heavy atom. The smallest absolute Gasteiger partial charge is 0.242 e. The standard InChI is InChI=1S/C13H19N3O2S2/c1-9(16-5-3-4-12(16)17)13(18)14-6-10-7-20-11(15-10)8-19-2/h7,9H,3-6,8H2,1-2H3,(H,14,18)/t9-/m1/s1. The van der Waals surface area contributed by atoms with E-state index in [0.717, 1.165) is 22.9 Å². The quantitative estimate of drug-likeness (QED) is 0.867. The average Bonchev–Trinajstić information content (AvgIpc) is 3.05. The van der Waals surface area contributed by atoms with Crippen LogP contribution in [0.5, 0.6) is 0 Å². The molecule has 1 aromatic rings. The number of likely N-dealkylation sites (tertiary alicyclic amines) is 1. The van der Waals surface area contributed by atoms with Crippen molar-refractivity contribution in [2.75, 3.05) is 12.8 Å². The molecule has 2 heterocycles. The van der Waals surface area contributed by atoms with Gasteiger partial charge in [-0.1, -0.05) is 0 Å². The number of amides is 2. The fraction of sp³-hybridized carbons (Fsp3) is 0.615. The largest absolute Gasteiger partial charge is 0.349 e. The molecule has 1 atom stereocenters. The first-order valence-electron chi connectivity index (χ1n) is 6.61. The van der Waals surface area contributed by atoms with Crippen LogP contribution >= 0.6 is 23.1 Å². The first-order valence-corrected chi connectivity index (χ1v) is 8.88. The van der Waals surface area contributed by atoms with Gasteiger partial charge in [0.1, 0.15) is 11.0 Å². The molecule has 0 saturated carbocycles. The van der Waals surface area contributed by atoms with Crippen LogP contribution in [0.4, 0.5) is 0 Å². The van der Waals surface area contributed by atoms with Crippen LogP contribution in [0.25, 0.3) is 0 Å². The minimum Gasteiger partial charge on any atom is -0.349 e. The van der Waals surface area contributed by atoms with Crippen molar-refractivity contribution in [3.8, 4) is 0 Å². The van der Waals surface area contributed by atoms with Crippen molar-refractivity contribution in [2.45, 2.75) is 38.1 Å². The molecule has 7 heteroatoms. The molecule has 0 bridgehead atoms. The number of carbonyl (C=O) groups is 2. The maximum absolute atomic E-state index is 12.0. The Bertz CT molecular complexity index is 490. The predicted octanol–water partition coefficient (Wildman–Crippen LogP) is 1.63. The molecule has 2 rings (SSSR count). The summed E-state index contributed by atoms with van der Waals surface area (Å²) in [5.74, 6) is 0.861. The molecule has 110 valence electrons. The predicted molar refractivity (Wildman–Crippen MR) is 81.6 cm³/mol. The molecule has 0 unspecified atom stereocenters. The third-order valence-electron chi connectivity index (χ3n) is 3.27. The molecule has 1 aliphatic heterocycles. The third kappa shape index (κ3) is 3.73. The van der Waals surface area contributed by atoms with Gasteiger partial charge in [0.2, 0.25) is 11.8 Å². The Labute approximate surface area is 127 Å². The fourth-order valence-corrected chi connectivity index (χ4v) is 3.68. The third-order valence-corrected chi connectivity index (χ3v) is 4.91. The highest BCUT2D eigenvalue weighted by molar-refractivity contribution is 7.97. The van der Waals surface area contributed by atoms with E-state index >= 15 is 0 Å². The van der Waals surface area contributed by atoms with E-state index in [-0.39, 0.29) is 11.8 Å². The van der Waals surface area contributed by atoms with Crippen LogP contribution in [0.2, 0.25) is 0 Å². The molecular weight excluding hydrogens is 294 g/mol. The first kappa shape index (κ1) is 15.3. The van der Waals surface area contributed by atoms with Gasteiger partial charge in [0.15, 0.2) is 0 Å². The lowest BCUT2D eigenvalue weighted by Gasteiger charge is -2.23. The van der Waals surface area contributed by atoms with Crippen molar-refractivity contribution >= 4 is 34.9 Å². The van der Waals surface area contributed by atoms with E-state index < -0.39 is 6.04 Å². The lowest BCUT2D eigenvalue weighted by atomic mass is 10.2. The van der Waals surface area contributed by atoms with Crippen molar-refractivity contribution in [1.29, 1.82) is 0 Å². The molecule has 0 aliphatic carbocycles. The molecule has 5 nitrogen and oxygen atoms in total. The SMILES string of the molecule is CSCc1nc(CNC(=O)[C@@H](C)N2CCCC2=O)cs1. The molecule has 1 fully saturated rings. The highest BCUT2D eigenvalue weighted by atomic mass is 32.2. The van der Waals surface area contributed by atoms with Gasteiger partial charge in [-0.3, -0.25) is 9.59 Å². The summed E-state index contributed by atoms with van der Waals surface area (Å²) < 4.78 is 0. The Hall–Kier alpha value is -1.08. The summed E-state index contributed by atoms with van der Waals surface area (Å²) in [5, 5.41) is 5.90. The number of thiazole rings is 1. The Kier molecular flexibility index (Phi) is 5.42. The second-order valence-electron chi connectivity index (χ2n) is 4.75. The van der Waals surface area contributed by atoms with E-state index in [9.17, 15) is 9.59 Å². The fourth-order valence-electron chi connectivity index (χ4n) is 2.17. The zero-order valence-corrected chi connectivity index (χ0v) is 13.4. The van der Waals surface area contributed by atoms with E-state index in [4.69, 9.17) is 0 Å². The number of rotatable bonds is 6. The zero-order chi connectivity index (χ0) is 14.5. The van der Waals surface area contributed by atoms with Gasteiger partial charge in [0, 0.05) is 24.1 Å². The van der Waals surface area contributed by atoms with Gasteiger partial charge in [-0.15, -0.1) is 11.3 Å². The molecule has 2 amide bonds. The van der Waals surface area contributed by atoms with Crippen LogP contribution < -0.4 is 5.32 Å². The molecule has 1 N–H and O–H groups in total. The van der Waals surface area contributed by atoms with Crippen molar-refractivity contribution in [3.05, 3.63) is 16.1 Å². The van der Waals surface area contributed by atoms with Crippen molar-refractivity contribution in [3.63, 3.8) is 0 Å². The summed E-state index contributed by atoms with van der Waals surface area (Å²) in [4.78, 5) is 29.7. The molecule has 20 heavy (non-hydrogen) atoms. The summed E-state index contributed by atoms with van der Waals surface area (Å²) in [6.45, 7) is 2.89. The molecular formula is C13H19N3O2S2. The van der Waals surface area contributed by atoms with E-state index in [0.29, 0.717) is 19.5 Å². The number of nitrogens with one attached hydrogen (secondary N) is 1. The first-order chi connectivity index (χ1) is 9.61. The molecule has 0 aromatic carbocycles. The van der Waals surface area contributed by atoms with Gasteiger partial charge in [-0.05, 0) is 19.6 Å². The highest BCUT2D eigenvalue weighted by Crippen LogP contribution is 2.16. The lowest BCUT2D eigenvalue weighted by molar-refractivity contribution is -0.136. The van der Waals surface area contributed by atoms with Crippen LogP contribution in [-0.4, -0.2) is 40.5 Å². The van der Waals surface area contributed by atoms with Crippen LogP contribution in [0.1, 0.15) is 30.5 Å². The van der Waals surface area contributed by atoms with E-state index in [1.165, 1.54) is 0 Å². The number of hydrogen-bond acceptors (Lipinski definition) is 5. The van der Waals surface area contributed by atoms with Crippen LogP contribution in [0.15, 0.2) is 5.38 Å². The summed E-state index contributed by atoms with van der Waals surface area (Å²) in [6, 6.07) is -0.394. The minimum absolute atomic E-state index is 0.0727. The number of thioether (sulfide) groups is 1. The Balaban J connectivity index is 1.83. The zero-order valence-electron chi connectivity index (χ0n) is 11.7. The van der Waals surface area contributed by atoms with E-state index in [1.54, 1.807) is 34.9 Å². The van der Waals surface area contributed by atoms with E-state index in [2.05, 4.69) is 10.3 Å². The van der Waals surface area contributed by atoms with Gasteiger partial charge in [0.25, 0.3) is 0 Å².